The van der Waals surface area contributed by atoms with Crippen molar-refractivity contribution in [2.75, 3.05) is 0 Å². The molecule has 0 saturated heterocycles. The Labute approximate surface area is 106 Å². The summed E-state index contributed by atoms with van der Waals surface area (Å²) >= 11 is 5.65. The van der Waals surface area contributed by atoms with Crippen molar-refractivity contribution in [3.8, 4) is 0 Å². The molecule has 1 unspecified atom stereocenters. The lowest BCUT2D eigenvalue weighted by atomic mass is 10.3. The molecule has 0 fully saturated rings. The van der Waals surface area contributed by atoms with Gasteiger partial charge in [-0.25, -0.2) is 4.68 Å². The van der Waals surface area contributed by atoms with Gasteiger partial charge in [0.25, 0.3) is 5.91 Å². The van der Waals surface area contributed by atoms with Crippen LogP contribution in [0.15, 0.2) is 24.8 Å². The van der Waals surface area contributed by atoms with E-state index in [0.29, 0.717) is 5.02 Å². The number of hydrogen-bond acceptors (Lipinski definition) is 5. The monoisotopic (exact) mass is 269 g/mol. The number of nitrogens with zero attached hydrogens (tertiary/aromatic N) is 5. The topological polar surface area (TPSA) is 95.8 Å². The van der Waals surface area contributed by atoms with Crippen molar-refractivity contribution in [3.05, 3.63) is 39.9 Å². The lowest BCUT2D eigenvalue weighted by Gasteiger charge is -2.09. The second-order valence-electron chi connectivity index (χ2n) is 3.55. The molecule has 18 heavy (non-hydrogen) atoms. The summed E-state index contributed by atoms with van der Waals surface area (Å²) in [4.78, 5) is 21.9. The fourth-order valence-corrected chi connectivity index (χ4v) is 1.50. The first kappa shape index (κ1) is 12.2. The first-order chi connectivity index (χ1) is 8.49. The maximum atomic E-state index is 11.9. The Bertz CT molecular complexity index is 605. The molecule has 0 radical (unpaired) electrons. The van der Waals surface area contributed by atoms with Crippen LogP contribution in [0, 0.1) is 10.1 Å². The Morgan fingerprint density at radius 1 is 1.44 bits per heavy atom. The van der Waals surface area contributed by atoms with E-state index in [4.69, 9.17) is 11.6 Å². The molecule has 8 nitrogen and oxygen atoms in total. The van der Waals surface area contributed by atoms with Crippen molar-refractivity contribution >= 4 is 23.2 Å². The Morgan fingerprint density at radius 2 is 2.17 bits per heavy atom. The summed E-state index contributed by atoms with van der Waals surface area (Å²) in [5, 5.41) is 18.4. The van der Waals surface area contributed by atoms with E-state index in [-0.39, 0.29) is 11.6 Å². The summed E-state index contributed by atoms with van der Waals surface area (Å²) in [5.41, 5.74) is -0.173. The van der Waals surface area contributed by atoms with Gasteiger partial charge < -0.3 is 0 Å². The maximum Gasteiger partial charge on any atom is 0.307 e. The van der Waals surface area contributed by atoms with Crippen LogP contribution in [-0.4, -0.2) is 30.4 Å². The van der Waals surface area contributed by atoms with Crippen molar-refractivity contribution in [1.29, 1.82) is 0 Å². The minimum absolute atomic E-state index is 0.173. The molecule has 2 heterocycles. The van der Waals surface area contributed by atoms with E-state index < -0.39 is 11.0 Å². The van der Waals surface area contributed by atoms with E-state index in [2.05, 4.69) is 10.2 Å². The Morgan fingerprint density at radius 3 is 2.67 bits per heavy atom. The third-order valence-electron chi connectivity index (χ3n) is 2.33. The molecule has 0 aliphatic heterocycles. The molecule has 2 aromatic heterocycles. The normalized spacial score (nSPS) is 12.3. The minimum Gasteiger partial charge on any atom is -0.270 e. The molecule has 1 atom stereocenters. The van der Waals surface area contributed by atoms with Crippen LogP contribution in [0.25, 0.3) is 0 Å². The standard InChI is InChI=1S/C9H8ClN5O3/c1-6(9(16)14-4-7(10)2-11-14)13-5-8(3-12-13)15(17)18/h2-6H,1H3. The molecular weight excluding hydrogens is 262 g/mol. The third kappa shape index (κ3) is 2.23. The average molecular weight is 270 g/mol. The number of carbonyl (C=O) groups excluding carboxylic acids is 1. The van der Waals surface area contributed by atoms with Crippen LogP contribution >= 0.6 is 11.6 Å². The fraction of sp³-hybridized carbons (Fsp3) is 0.222. The van der Waals surface area contributed by atoms with Gasteiger partial charge in [0.2, 0.25) is 0 Å². The molecule has 0 amide bonds. The summed E-state index contributed by atoms with van der Waals surface area (Å²) in [6.07, 6.45) is 4.96. The molecule has 0 aliphatic carbocycles. The van der Waals surface area contributed by atoms with Crippen LogP contribution in [0.4, 0.5) is 5.69 Å². The zero-order valence-electron chi connectivity index (χ0n) is 9.23. The molecule has 0 bridgehead atoms. The van der Waals surface area contributed by atoms with Gasteiger partial charge in [-0.15, -0.1) is 0 Å². The van der Waals surface area contributed by atoms with Gasteiger partial charge in [0.1, 0.15) is 18.4 Å². The van der Waals surface area contributed by atoms with Crippen LogP contribution in [0.3, 0.4) is 0 Å². The smallest absolute Gasteiger partial charge is 0.270 e. The number of nitro groups is 1. The van der Waals surface area contributed by atoms with E-state index in [1.165, 1.54) is 23.3 Å². The highest BCUT2D eigenvalue weighted by atomic mass is 35.5. The summed E-state index contributed by atoms with van der Waals surface area (Å²) < 4.78 is 2.27. The van der Waals surface area contributed by atoms with Crippen LogP contribution in [0.5, 0.6) is 0 Å². The van der Waals surface area contributed by atoms with Crippen molar-refractivity contribution < 1.29 is 9.72 Å². The summed E-state index contributed by atoms with van der Waals surface area (Å²) in [6.45, 7) is 1.56. The first-order valence-electron chi connectivity index (χ1n) is 4.92. The number of carbonyl (C=O) groups is 1. The SMILES string of the molecule is CC(C(=O)n1cc(Cl)cn1)n1cc([N+](=O)[O-])cn1. The van der Waals surface area contributed by atoms with Gasteiger partial charge in [0.15, 0.2) is 0 Å². The van der Waals surface area contributed by atoms with Crippen LogP contribution in [0.1, 0.15) is 17.8 Å². The Balaban J connectivity index is 2.22. The number of hydrogen-bond donors (Lipinski definition) is 0. The van der Waals surface area contributed by atoms with Crippen LogP contribution < -0.4 is 0 Å². The number of halogens is 1. The molecule has 0 aromatic carbocycles. The second-order valence-corrected chi connectivity index (χ2v) is 3.99. The van der Waals surface area contributed by atoms with E-state index in [0.717, 1.165) is 10.9 Å². The van der Waals surface area contributed by atoms with Gasteiger partial charge in [0.05, 0.1) is 22.3 Å². The number of aromatic nitrogens is 4. The predicted molar refractivity (Wildman–Crippen MR) is 61.5 cm³/mol. The van der Waals surface area contributed by atoms with Gasteiger partial charge in [0, 0.05) is 0 Å². The molecule has 0 saturated carbocycles. The quantitative estimate of drug-likeness (QED) is 0.622. The van der Waals surface area contributed by atoms with E-state index in [9.17, 15) is 14.9 Å². The molecule has 94 valence electrons. The van der Waals surface area contributed by atoms with Crippen molar-refractivity contribution in [1.82, 2.24) is 19.6 Å². The lowest BCUT2D eigenvalue weighted by molar-refractivity contribution is -0.385. The molecule has 9 heteroatoms. The van der Waals surface area contributed by atoms with Gasteiger partial charge in [-0.1, -0.05) is 11.6 Å². The maximum absolute atomic E-state index is 11.9. The van der Waals surface area contributed by atoms with Crippen molar-refractivity contribution in [3.63, 3.8) is 0 Å². The lowest BCUT2D eigenvalue weighted by Crippen LogP contribution is -2.23. The van der Waals surface area contributed by atoms with Gasteiger partial charge >= 0.3 is 5.69 Å². The highest BCUT2D eigenvalue weighted by Crippen LogP contribution is 2.15. The molecule has 0 N–H and O–H groups in total. The van der Waals surface area contributed by atoms with E-state index in [1.54, 1.807) is 6.92 Å². The summed E-state index contributed by atoms with van der Waals surface area (Å²) in [6, 6.07) is -0.713. The minimum atomic E-state index is -0.713. The first-order valence-corrected chi connectivity index (χ1v) is 5.30. The fourth-order valence-electron chi connectivity index (χ4n) is 1.36. The molecule has 2 aromatic rings. The van der Waals surface area contributed by atoms with E-state index in [1.807, 2.05) is 0 Å². The summed E-state index contributed by atoms with van der Waals surface area (Å²) in [5.74, 6) is -0.389. The molecule has 2 rings (SSSR count). The second kappa shape index (κ2) is 4.57. The Kier molecular flexibility index (Phi) is 3.11. The molecule has 0 spiro atoms. The average Bonchev–Trinajstić information content (AvgIpc) is 2.95. The predicted octanol–water partition coefficient (Wildman–Crippen LogP) is 1.54. The van der Waals surface area contributed by atoms with E-state index >= 15 is 0 Å². The summed E-state index contributed by atoms with van der Waals surface area (Å²) in [7, 11) is 0. The highest BCUT2D eigenvalue weighted by molar-refractivity contribution is 6.30. The van der Waals surface area contributed by atoms with Crippen molar-refractivity contribution in [2.45, 2.75) is 13.0 Å². The molecule has 0 aliphatic rings. The largest absolute Gasteiger partial charge is 0.307 e. The highest BCUT2D eigenvalue weighted by Gasteiger charge is 2.21. The van der Waals surface area contributed by atoms with Crippen LogP contribution in [-0.2, 0) is 0 Å². The third-order valence-corrected chi connectivity index (χ3v) is 2.52. The Hall–Kier alpha value is -2.22. The van der Waals surface area contributed by atoms with Crippen molar-refractivity contribution in [2.24, 2.45) is 0 Å². The van der Waals surface area contributed by atoms with Crippen LogP contribution in [0.2, 0.25) is 5.02 Å². The van der Waals surface area contributed by atoms with Gasteiger partial charge in [-0.05, 0) is 6.92 Å². The number of rotatable bonds is 3. The molecular formula is C9H8ClN5O3. The van der Waals surface area contributed by atoms with Gasteiger partial charge in [-0.3, -0.25) is 19.6 Å². The zero-order chi connectivity index (χ0) is 13.3. The van der Waals surface area contributed by atoms with Gasteiger partial charge in [-0.2, -0.15) is 10.2 Å². The zero-order valence-corrected chi connectivity index (χ0v) is 9.98.